The Bertz CT molecular complexity index is 153. The van der Waals surface area contributed by atoms with Gasteiger partial charge in [0, 0.05) is 13.0 Å². The third-order valence-electron chi connectivity index (χ3n) is 1.38. The predicted molar refractivity (Wildman–Crippen MR) is 62.9 cm³/mol. The van der Waals surface area contributed by atoms with Crippen molar-refractivity contribution in [3.8, 4) is 11.2 Å². The molecular formula is C9H17NOS2. The van der Waals surface area contributed by atoms with Crippen LogP contribution in [0, 0.1) is 11.2 Å². The van der Waals surface area contributed by atoms with Gasteiger partial charge in [-0.25, -0.2) is 0 Å². The molecule has 0 amide bonds. The Labute approximate surface area is 90.0 Å². The molecule has 0 saturated heterocycles. The van der Waals surface area contributed by atoms with E-state index < -0.39 is 0 Å². The molecule has 0 aliphatic carbocycles. The van der Waals surface area contributed by atoms with Crippen molar-refractivity contribution in [3.63, 3.8) is 0 Å². The summed E-state index contributed by atoms with van der Waals surface area (Å²) in [5, 5.41) is 6.04. The molecule has 0 fully saturated rings. The summed E-state index contributed by atoms with van der Waals surface area (Å²) in [7, 11) is 1.24. The second kappa shape index (κ2) is 12.2. The van der Waals surface area contributed by atoms with E-state index >= 15 is 0 Å². The average Bonchev–Trinajstić information content (AvgIpc) is 2.16. The molecule has 0 spiro atoms. The molecule has 2 nitrogen and oxygen atoms in total. The number of rotatable bonds is 7. The third kappa shape index (κ3) is 12.2. The van der Waals surface area contributed by atoms with Crippen LogP contribution in [0.2, 0.25) is 0 Å². The molecule has 0 aromatic carbocycles. The molecule has 0 heterocycles. The van der Waals surface area contributed by atoms with E-state index in [2.05, 4.69) is 35.1 Å². The summed E-state index contributed by atoms with van der Waals surface area (Å²) in [5.41, 5.74) is 0. The average molecular weight is 219 g/mol. The summed E-state index contributed by atoms with van der Waals surface area (Å²) < 4.78 is 5.35. The Hall–Kier alpha value is 0.180. The van der Waals surface area contributed by atoms with Gasteiger partial charge in [0.1, 0.15) is 0 Å². The minimum absolute atomic E-state index is 0.730. The van der Waals surface area contributed by atoms with Crippen LogP contribution >= 0.6 is 22.5 Å². The number of thiol groups is 1. The second-order valence-electron chi connectivity index (χ2n) is 2.44. The highest BCUT2D eigenvalue weighted by Crippen LogP contribution is 1.99. The minimum Gasteiger partial charge on any atom is -0.380 e. The van der Waals surface area contributed by atoms with Crippen LogP contribution in [0.3, 0.4) is 0 Å². The van der Waals surface area contributed by atoms with Gasteiger partial charge < -0.3 is 10.1 Å². The van der Waals surface area contributed by atoms with Crippen molar-refractivity contribution < 1.29 is 4.74 Å². The van der Waals surface area contributed by atoms with Crippen LogP contribution in [-0.2, 0) is 4.74 Å². The van der Waals surface area contributed by atoms with E-state index in [0.717, 1.165) is 39.1 Å². The lowest BCUT2D eigenvalue weighted by atomic mass is 10.4. The van der Waals surface area contributed by atoms with Gasteiger partial charge in [-0.2, -0.15) is 0 Å². The zero-order valence-corrected chi connectivity index (χ0v) is 9.72. The number of ether oxygens (including phenoxy) is 1. The van der Waals surface area contributed by atoms with Crippen molar-refractivity contribution in [1.82, 2.24) is 5.32 Å². The lowest BCUT2D eigenvalue weighted by Gasteiger charge is -2.01. The summed E-state index contributed by atoms with van der Waals surface area (Å²) in [6, 6.07) is 0. The van der Waals surface area contributed by atoms with E-state index in [4.69, 9.17) is 4.74 Å². The number of nitrogens with one attached hydrogen (secondary N) is 1. The molecule has 0 saturated carbocycles. The van der Waals surface area contributed by atoms with Gasteiger partial charge in [0.15, 0.2) is 0 Å². The smallest absolute Gasteiger partial charge is 0.0575 e. The molecule has 0 aromatic rings. The first-order valence-electron chi connectivity index (χ1n) is 4.48. The molecule has 0 rings (SSSR count). The van der Waals surface area contributed by atoms with Crippen molar-refractivity contribution in [3.05, 3.63) is 0 Å². The molecule has 0 bridgehead atoms. The van der Waals surface area contributed by atoms with Gasteiger partial charge in [0.2, 0.25) is 0 Å². The van der Waals surface area contributed by atoms with E-state index in [9.17, 15) is 0 Å². The summed E-state index contributed by atoms with van der Waals surface area (Å²) >= 11 is 3.90. The van der Waals surface area contributed by atoms with Crippen LogP contribution in [-0.4, -0.2) is 26.3 Å². The highest BCUT2D eigenvalue weighted by atomic mass is 33.1. The molecule has 0 aliphatic rings. The van der Waals surface area contributed by atoms with Crippen LogP contribution in [0.15, 0.2) is 0 Å². The first kappa shape index (κ1) is 13.2. The fourth-order valence-electron chi connectivity index (χ4n) is 0.785. The molecule has 0 aliphatic heterocycles. The fraction of sp³-hybridized carbons (Fsp3) is 0.778. The summed E-state index contributed by atoms with van der Waals surface area (Å²) in [5.74, 6) is 2.93. The molecule has 0 radical (unpaired) electrons. The summed E-state index contributed by atoms with van der Waals surface area (Å²) in [4.78, 5) is 0. The summed E-state index contributed by atoms with van der Waals surface area (Å²) in [6.45, 7) is 5.72. The van der Waals surface area contributed by atoms with E-state index in [1.807, 2.05) is 0 Å². The first-order valence-corrected chi connectivity index (χ1v) is 6.35. The molecule has 4 heteroatoms. The Balaban J connectivity index is 2.91. The van der Waals surface area contributed by atoms with Crippen molar-refractivity contribution in [2.75, 3.05) is 26.3 Å². The first-order chi connectivity index (χ1) is 6.41. The van der Waals surface area contributed by atoms with Crippen molar-refractivity contribution in [2.24, 2.45) is 0 Å². The van der Waals surface area contributed by atoms with Gasteiger partial charge in [-0.1, -0.05) is 24.5 Å². The molecular weight excluding hydrogens is 202 g/mol. The predicted octanol–water partition coefficient (Wildman–Crippen LogP) is 1.93. The van der Waals surface area contributed by atoms with E-state index in [1.165, 1.54) is 10.8 Å². The molecule has 1 N–H and O–H groups in total. The van der Waals surface area contributed by atoms with Gasteiger partial charge in [0.25, 0.3) is 0 Å². The highest BCUT2D eigenvalue weighted by molar-refractivity contribution is 8.70. The lowest BCUT2D eigenvalue weighted by molar-refractivity contribution is 0.137. The maximum absolute atomic E-state index is 5.35. The van der Waals surface area contributed by atoms with E-state index in [1.54, 1.807) is 0 Å². The molecule has 0 aromatic heterocycles. The fourth-order valence-corrected chi connectivity index (χ4v) is 1.14. The van der Waals surface area contributed by atoms with Crippen molar-refractivity contribution in [2.45, 2.75) is 19.8 Å². The quantitative estimate of drug-likeness (QED) is 0.296. The van der Waals surface area contributed by atoms with Crippen molar-refractivity contribution in [1.29, 1.82) is 0 Å². The molecule has 13 heavy (non-hydrogen) atoms. The van der Waals surface area contributed by atoms with Gasteiger partial charge in [-0.3, -0.25) is 0 Å². The van der Waals surface area contributed by atoms with Crippen LogP contribution in [0.1, 0.15) is 19.8 Å². The highest BCUT2D eigenvalue weighted by Gasteiger charge is 1.86. The minimum atomic E-state index is 0.730. The van der Waals surface area contributed by atoms with Crippen LogP contribution in [0.5, 0.6) is 0 Å². The molecule has 76 valence electrons. The Kier molecular flexibility index (Phi) is 12.3. The van der Waals surface area contributed by atoms with Crippen molar-refractivity contribution >= 4 is 22.5 Å². The Morgan fingerprint density at radius 3 is 3.00 bits per heavy atom. The maximum atomic E-state index is 5.35. The normalized spacial score (nSPS) is 9.38. The molecule has 0 atom stereocenters. The van der Waals surface area contributed by atoms with Crippen LogP contribution in [0.25, 0.3) is 0 Å². The van der Waals surface area contributed by atoms with Crippen LogP contribution in [0.4, 0.5) is 0 Å². The zero-order chi connectivity index (χ0) is 9.78. The van der Waals surface area contributed by atoms with E-state index in [-0.39, 0.29) is 0 Å². The Morgan fingerprint density at radius 2 is 2.31 bits per heavy atom. The monoisotopic (exact) mass is 219 g/mol. The third-order valence-corrected chi connectivity index (χ3v) is 1.89. The Morgan fingerprint density at radius 1 is 1.46 bits per heavy atom. The maximum Gasteiger partial charge on any atom is 0.0575 e. The van der Waals surface area contributed by atoms with Gasteiger partial charge in [0.05, 0.1) is 6.61 Å². The number of hydrogen-bond acceptors (Lipinski definition) is 4. The summed E-state index contributed by atoms with van der Waals surface area (Å²) in [6.07, 6.45) is 1.87. The number of hydrogen-bond donors (Lipinski definition) is 2. The topological polar surface area (TPSA) is 21.3 Å². The largest absolute Gasteiger partial charge is 0.380 e. The van der Waals surface area contributed by atoms with Gasteiger partial charge in [-0.05, 0) is 35.6 Å². The van der Waals surface area contributed by atoms with Gasteiger partial charge in [-0.15, -0.1) is 0 Å². The van der Waals surface area contributed by atoms with E-state index in [0.29, 0.717) is 0 Å². The van der Waals surface area contributed by atoms with Crippen LogP contribution < -0.4 is 5.32 Å². The zero-order valence-electron chi connectivity index (χ0n) is 8.01. The lowest BCUT2D eigenvalue weighted by Crippen LogP contribution is -2.15. The molecule has 0 unspecified atom stereocenters. The van der Waals surface area contributed by atoms with Gasteiger partial charge >= 0.3 is 0 Å². The standard InChI is InChI=1S/C9H17NOS2/c1-2-10-6-5-8-11-7-3-4-9-13-12/h10,12H,2-3,5-8H2,1H3. The second-order valence-corrected chi connectivity index (χ2v) is 3.37. The SMILES string of the molecule is CCNCCCOCCC#CSS.